The van der Waals surface area contributed by atoms with E-state index in [9.17, 15) is 8.78 Å². The zero-order valence-electron chi connectivity index (χ0n) is 10.2. The van der Waals surface area contributed by atoms with Crippen LogP contribution in [0.25, 0.3) is 0 Å². The molecule has 2 aromatic carbocycles. The van der Waals surface area contributed by atoms with Gasteiger partial charge in [-0.25, -0.2) is 8.78 Å². The minimum atomic E-state index is -0.827. The Morgan fingerprint density at radius 3 is 2.44 bits per heavy atom. The molecule has 0 saturated carbocycles. The van der Waals surface area contributed by atoms with E-state index in [4.69, 9.17) is 0 Å². The number of anilines is 1. The summed E-state index contributed by atoms with van der Waals surface area (Å²) in [6.45, 7) is 2.60. The Morgan fingerprint density at radius 1 is 1.00 bits per heavy atom. The second-order valence-corrected chi connectivity index (χ2v) is 4.29. The van der Waals surface area contributed by atoms with Crippen molar-refractivity contribution in [2.75, 3.05) is 11.9 Å². The summed E-state index contributed by atoms with van der Waals surface area (Å²) in [5.41, 5.74) is 1.37. The molecule has 0 heterocycles. The zero-order valence-corrected chi connectivity index (χ0v) is 10.2. The molecule has 0 aliphatic rings. The lowest BCUT2D eigenvalue weighted by atomic mass is 10.0. The predicted molar refractivity (Wildman–Crippen MR) is 69.7 cm³/mol. The van der Waals surface area contributed by atoms with Crippen LogP contribution in [0, 0.1) is 11.6 Å². The highest BCUT2D eigenvalue weighted by atomic mass is 19.2. The molecule has 1 atom stereocenters. The molecule has 0 saturated heterocycles. The Labute approximate surface area is 105 Å². The fraction of sp³-hybridized carbons (Fsp3) is 0.200. The summed E-state index contributed by atoms with van der Waals surface area (Å²) in [4.78, 5) is 0. The van der Waals surface area contributed by atoms with Gasteiger partial charge in [-0.05, 0) is 23.6 Å². The van der Waals surface area contributed by atoms with E-state index >= 15 is 0 Å². The van der Waals surface area contributed by atoms with Gasteiger partial charge in [0, 0.05) is 6.54 Å². The predicted octanol–water partition coefficient (Wildman–Crippen LogP) is 4.18. The van der Waals surface area contributed by atoms with E-state index in [1.54, 1.807) is 0 Å². The number of halogens is 2. The Kier molecular flexibility index (Phi) is 3.92. The molecule has 0 aliphatic heterocycles. The first-order valence-corrected chi connectivity index (χ1v) is 5.91. The first-order chi connectivity index (χ1) is 8.68. The summed E-state index contributed by atoms with van der Waals surface area (Å²) < 4.78 is 26.4. The third kappa shape index (κ3) is 2.86. The van der Waals surface area contributed by atoms with Crippen molar-refractivity contribution in [1.29, 1.82) is 0 Å². The molecule has 0 aromatic heterocycles. The van der Waals surface area contributed by atoms with Crippen molar-refractivity contribution in [3.63, 3.8) is 0 Å². The third-order valence-corrected chi connectivity index (χ3v) is 2.92. The Morgan fingerprint density at radius 2 is 1.72 bits per heavy atom. The Balaban J connectivity index is 2.02. The van der Waals surface area contributed by atoms with Gasteiger partial charge in [0.2, 0.25) is 0 Å². The monoisotopic (exact) mass is 247 g/mol. The second-order valence-electron chi connectivity index (χ2n) is 4.29. The van der Waals surface area contributed by atoms with Crippen LogP contribution in [0.2, 0.25) is 0 Å². The molecule has 2 rings (SSSR count). The SMILES string of the molecule is CC(CNc1cccc(F)c1F)c1ccccc1. The summed E-state index contributed by atoms with van der Waals surface area (Å²) in [6, 6.07) is 14.1. The molecule has 0 radical (unpaired) electrons. The highest BCUT2D eigenvalue weighted by molar-refractivity contribution is 5.45. The number of benzene rings is 2. The van der Waals surface area contributed by atoms with Gasteiger partial charge in [0.05, 0.1) is 5.69 Å². The van der Waals surface area contributed by atoms with Crippen molar-refractivity contribution in [1.82, 2.24) is 0 Å². The number of hydrogen-bond acceptors (Lipinski definition) is 1. The largest absolute Gasteiger partial charge is 0.382 e. The minimum absolute atomic E-state index is 0.206. The van der Waals surface area contributed by atoms with Crippen molar-refractivity contribution in [2.24, 2.45) is 0 Å². The number of hydrogen-bond donors (Lipinski definition) is 1. The average molecular weight is 247 g/mol. The van der Waals surface area contributed by atoms with Crippen molar-refractivity contribution in [2.45, 2.75) is 12.8 Å². The molecule has 0 bridgehead atoms. The molecular formula is C15H15F2N. The molecule has 1 N–H and O–H groups in total. The Hall–Kier alpha value is -1.90. The van der Waals surface area contributed by atoms with E-state index in [2.05, 4.69) is 5.32 Å². The number of rotatable bonds is 4. The summed E-state index contributed by atoms with van der Waals surface area (Å²) in [5.74, 6) is -1.42. The second kappa shape index (κ2) is 5.63. The smallest absolute Gasteiger partial charge is 0.181 e. The van der Waals surface area contributed by atoms with Crippen LogP contribution in [0.3, 0.4) is 0 Å². The minimum Gasteiger partial charge on any atom is -0.382 e. The molecule has 0 spiro atoms. The van der Waals surface area contributed by atoms with Crippen molar-refractivity contribution in [3.8, 4) is 0 Å². The molecule has 1 nitrogen and oxygen atoms in total. The van der Waals surface area contributed by atoms with Gasteiger partial charge in [0.1, 0.15) is 0 Å². The van der Waals surface area contributed by atoms with Gasteiger partial charge >= 0.3 is 0 Å². The zero-order chi connectivity index (χ0) is 13.0. The summed E-state index contributed by atoms with van der Waals surface area (Å²) in [7, 11) is 0. The quantitative estimate of drug-likeness (QED) is 0.854. The van der Waals surface area contributed by atoms with Crippen LogP contribution in [0.15, 0.2) is 48.5 Å². The lowest BCUT2D eigenvalue weighted by molar-refractivity contribution is 0.510. The van der Waals surface area contributed by atoms with E-state index in [0.29, 0.717) is 6.54 Å². The lowest BCUT2D eigenvalue weighted by Gasteiger charge is -2.14. The molecule has 2 aromatic rings. The molecule has 0 amide bonds. The summed E-state index contributed by atoms with van der Waals surface area (Å²) in [6.07, 6.45) is 0. The Bertz CT molecular complexity index is 511. The van der Waals surface area contributed by atoms with Crippen LogP contribution in [0.1, 0.15) is 18.4 Å². The molecular weight excluding hydrogens is 232 g/mol. The molecule has 3 heteroatoms. The number of nitrogens with one attached hydrogen (secondary N) is 1. The highest BCUT2D eigenvalue weighted by Gasteiger charge is 2.09. The van der Waals surface area contributed by atoms with E-state index < -0.39 is 11.6 Å². The first-order valence-electron chi connectivity index (χ1n) is 5.91. The van der Waals surface area contributed by atoms with Crippen molar-refractivity contribution < 1.29 is 8.78 Å². The van der Waals surface area contributed by atoms with E-state index in [1.165, 1.54) is 17.7 Å². The van der Waals surface area contributed by atoms with Gasteiger partial charge in [-0.1, -0.05) is 43.3 Å². The lowest BCUT2D eigenvalue weighted by Crippen LogP contribution is -2.11. The fourth-order valence-electron chi connectivity index (χ4n) is 1.80. The van der Waals surface area contributed by atoms with Crippen molar-refractivity contribution >= 4 is 5.69 Å². The van der Waals surface area contributed by atoms with Gasteiger partial charge in [-0.2, -0.15) is 0 Å². The van der Waals surface area contributed by atoms with E-state index in [0.717, 1.165) is 6.07 Å². The maximum Gasteiger partial charge on any atom is 0.181 e. The van der Waals surface area contributed by atoms with Crippen molar-refractivity contribution in [3.05, 3.63) is 65.7 Å². The summed E-state index contributed by atoms with van der Waals surface area (Å²) >= 11 is 0. The molecule has 18 heavy (non-hydrogen) atoms. The summed E-state index contributed by atoms with van der Waals surface area (Å²) in [5, 5.41) is 2.94. The maximum absolute atomic E-state index is 13.4. The molecule has 94 valence electrons. The van der Waals surface area contributed by atoms with Gasteiger partial charge < -0.3 is 5.32 Å². The van der Waals surface area contributed by atoms with Crippen LogP contribution in [0.5, 0.6) is 0 Å². The van der Waals surface area contributed by atoms with E-state index in [-0.39, 0.29) is 11.6 Å². The van der Waals surface area contributed by atoms with Crippen LogP contribution in [-0.4, -0.2) is 6.54 Å². The standard InChI is InChI=1S/C15H15F2N/c1-11(12-6-3-2-4-7-12)10-18-14-9-5-8-13(16)15(14)17/h2-9,11,18H,10H2,1H3. The van der Waals surface area contributed by atoms with Gasteiger partial charge in [-0.15, -0.1) is 0 Å². The normalized spacial score (nSPS) is 12.2. The van der Waals surface area contributed by atoms with Crippen LogP contribution in [-0.2, 0) is 0 Å². The van der Waals surface area contributed by atoms with Crippen LogP contribution < -0.4 is 5.32 Å². The van der Waals surface area contributed by atoms with Gasteiger partial charge in [0.25, 0.3) is 0 Å². The molecule has 0 fully saturated rings. The average Bonchev–Trinajstić information content (AvgIpc) is 2.41. The maximum atomic E-state index is 13.4. The highest BCUT2D eigenvalue weighted by Crippen LogP contribution is 2.19. The first kappa shape index (κ1) is 12.6. The molecule has 0 aliphatic carbocycles. The molecule has 1 unspecified atom stereocenters. The van der Waals surface area contributed by atoms with Crippen LogP contribution >= 0.6 is 0 Å². The fourth-order valence-corrected chi connectivity index (χ4v) is 1.80. The van der Waals surface area contributed by atoms with Gasteiger partial charge in [0.15, 0.2) is 11.6 Å². The van der Waals surface area contributed by atoms with Gasteiger partial charge in [-0.3, -0.25) is 0 Å². The van der Waals surface area contributed by atoms with Crippen LogP contribution in [0.4, 0.5) is 14.5 Å². The topological polar surface area (TPSA) is 12.0 Å². The third-order valence-electron chi connectivity index (χ3n) is 2.92. The van der Waals surface area contributed by atoms with E-state index in [1.807, 2.05) is 37.3 Å².